The quantitative estimate of drug-likeness (QED) is 0.268. The first-order valence-corrected chi connectivity index (χ1v) is 17.3. The molecule has 4 amide bonds. The maximum atomic E-state index is 14.2. The number of amides is 4. The van der Waals surface area contributed by atoms with E-state index in [9.17, 15) is 19.2 Å². The number of benzene rings is 2. The topological polar surface area (TPSA) is 96.5 Å². The van der Waals surface area contributed by atoms with Crippen molar-refractivity contribution in [1.29, 1.82) is 0 Å². The number of carbonyl (C=O) groups excluding carboxylic acids is 4. The van der Waals surface area contributed by atoms with Crippen LogP contribution < -0.4 is 5.32 Å². The smallest absolute Gasteiger partial charge is 0.263 e. The van der Waals surface area contributed by atoms with Crippen molar-refractivity contribution in [2.75, 3.05) is 83.9 Å². The molecule has 3 saturated heterocycles. The summed E-state index contributed by atoms with van der Waals surface area (Å²) in [5.41, 5.74) is 2.19. The summed E-state index contributed by atoms with van der Waals surface area (Å²) in [7, 11) is 0. The summed E-state index contributed by atoms with van der Waals surface area (Å²) in [5.74, 6) is -1.37. The minimum absolute atomic E-state index is 0.340. The van der Waals surface area contributed by atoms with Crippen molar-refractivity contribution in [1.82, 2.24) is 24.5 Å². The Labute approximate surface area is 265 Å². The largest absolute Gasteiger partial charge is 0.384 e. The second kappa shape index (κ2) is 13.2. The number of rotatable bonds is 13. The van der Waals surface area contributed by atoms with Crippen molar-refractivity contribution in [3.8, 4) is 0 Å². The highest BCUT2D eigenvalue weighted by Crippen LogP contribution is 2.41. The van der Waals surface area contributed by atoms with Crippen LogP contribution in [0.4, 0.5) is 5.69 Å². The molecule has 5 aliphatic heterocycles. The van der Waals surface area contributed by atoms with Crippen molar-refractivity contribution in [3.63, 3.8) is 0 Å². The minimum atomic E-state index is -0.342. The summed E-state index contributed by atoms with van der Waals surface area (Å²) in [6.45, 7) is 10.6. The molecule has 0 aromatic heterocycles. The highest BCUT2D eigenvalue weighted by molar-refractivity contribution is 6.34. The van der Waals surface area contributed by atoms with Gasteiger partial charge in [0, 0.05) is 47.2 Å². The van der Waals surface area contributed by atoms with E-state index in [0.29, 0.717) is 64.8 Å². The Hall–Kier alpha value is -3.34. The zero-order valence-corrected chi connectivity index (χ0v) is 26.5. The predicted molar refractivity (Wildman–Crippen MR) is 174 cm³/mol. The number of likely N-dealkylation sites (tertiary alicyclic amines) is 3. The number of carbonyl (C=O) groups is 4. The van der Waals surface area contributed by atoms with Crippen LogP contribution in [0.3, 0.4) is 0 Å². The molecule has 0 bridgehead atoms. The maximum absolute atomic E-state index is 14.2. The lowest BCUT2D eigenvalue weighted by atomic mass is 9.84. The normalized spacial score (nSPS) is 20.9. The van der Waals surface area contributed by atoms with Crippen LogP contribution in [-0.4, -0.2) is 127 Å². The summed E-state index contributed by atoms with van der Waals surface area (Å²) < 4.78 is 0. The first kappa shape index (κ1) is 30.3. The van der Waals surface area contributed by atoms with Gasteiger partial charge in [-0.05, 0) is 135 Å². The molecule has 0 unspecified atom stereocenters. The van der Waals surface area contributed by atoms with Crippen LogP contribution in [0.15, 0.2) is 18.2 Å². The molecular weight excluding hydrogens is 568 g/mol. The van der Waals surface area contributed by atoms with E-state index in [1.165, 1.54) is 48.3 Å². The standard InChI is InChI=1S/C35H46N6O4/c42-32-25-10-11-26-30-29(25)27(34(44)40(32)22-8-20-38-15-3-4-16-38)24-28(36-12-7-19-37-13-1-2-14-37)31(30)35(45)41(33(26)43)23-9-21-39-17-5-6-18-39/h10-11,24,36H,1-9,12-23H2. The van der Waals surface area contributed by atoms with Crippen LogP contribution in [0.5, 0.6) is 0 Å². The zero-order chi connectivity index (χ0) is 30.9. The lowest BCUT2D eigenvalue weighted by molar-refractivity contribution is 0.0583. The fourth-order valence-corrected chi connectivity index (χ4v) is 8.06. The van der Waals surface area contributed by atoms with Crippen molar-refractivity contribution in [2.24, 2.45) is 0 Å². The Kier molecular flexibility index (Phi) is 8.88. The van der Waals surface area contributed by atoms with E-state index >= 15 is 0 Å². The number of hydrogen-bond acceptors (Lipinski definition) is 8. The molecule has 2 aromatic rings. The van der Waals surface area contributed by atoms with Gasteiger partial charge in [0.15, 0.2) is 0 Å². The highest BCUT2D eigenvalue weighted by atomic mass is 16.2. The molecule has 0 saturated carbocycles. The van der Waals surface area contributed by atoms with Gasteiger partial charge in [-0.15, -0.1) is 0 Å². The number of imide groups is 2. The van der Waals surface area contributed by atoms with Crippen LogP contribution in [-0.2, 0) is 0 Å². The molecule has 3 fully saturated rings. The van der Waals surface area contributed by atoms with Gasteiger partial charge in [-0.3, -0.25) is 29.0 Å². The molecule has 45 heavy (non-hydrogen) atoms. The summed E-state index contributed by atoms with van der Waals surface area (Å²) in [4.78, 5) is 65.8. The fraction of sp³-hybridized carbons (Fsp3) is 0.600. The van der Waals surface area contributed by atoms with E-state index in [1.54, 1.807) is 18.2 Å². The van der Waals surface area contributed by atoms with E-state index < -0.39 is 0 Å². The van der Waals surface area contributed by atoms with Gasteiger partial charge in [-0.2, -0.15) is 0 Å². The van der Waals surface area contributed by atoms with Crippen LogP contribution in [0, 0.1) is 0 Å². The number of hydrogen-bond donors (Lipinski definition) is 1. The van der Waals surface area contributed by atoms with Crippen LogP contribution >= 0.6 is 0 Å². The molecule has 240 valence electrons. The second-order valence-corrected chi connectivity index (χ2v) is 13.4. The summed E-state index contributed by atoms with van der Waals surface area (Å²) in [6.07, 6.45) is 9.60. The van der Waals surface area contributed by atoms with E-state index in [4.69, 9.17) is 0 Å². The Morgan fingerprint density at radius 2 is 0.956 bits per heavy atom. The third-order valence-corrected chi connectivity index (χ3v) is 10.4. The summed E-state index contributed by atoms with van der Waals surface area (Å²) in [5, 5.41) is 4.41. The van der Waals surface area contributed by atoms with Crippen molar-refractivity contribution >= 4 is 40.1 Å². The van der Waals surface area contributed by atoms with Gasteiger partial charge in [0.1, 0.15) is 0 Å². The highest BCUT2D eigenvalue weighted by Gasteiger charge is 2.41. The molecule has 0 aliphatic carbocycles. The average molecular weight is 615 g/mol. The third kappa shape index (κ3) is 5.88. The lowest BCUT2D eigenvalue weighted by Crippen LogP contribution is -2.44. The Morgan fingerprint density at radius 3 is 1.49 bits per heavy atom. The monoisotopic (exact) mass is 614 g/mol. The SMILES string of the molecule is O=C1c2ccc3c4c(c(NCCCN5CCCC5)cc(c24)C(=O)N1CCCN1CCCC1)C(=O)N(CCCN1CCCC1)C3=O. The Bertz CT molecular complexity index is 1490. The van der Waals surface area contributed by atoms with Gasteiger partial charge in [-0.25, -0.2) is 0 Å². The molecule has 0 radical (unpaired) electrons. The maximum Gasteiger partial charge on any atom is 0.263 e. The van der Waals surface area contributed by atoms with E-state index in [1.807, 2.05) is 0 Å². The molecule has 0 spiro atoms. The van der Waals surface area contributed by atoms with Gasteiger partial charge < -0.3 is 20.0 Å². The molecule has 5 aliphatic rings. The average Bonchev–Trinajstić information content (AvgIpc) is 3.85. The van der Waals surface area contributed by atoms with Crippen LogP contribution in [0.2, 0.25) is 0 Å². The van der Waals surface area contributed by atoms with Gasteiger partial charge in [0.25, 0.3) is 23.6 Å². The summed E-state index contributed by atoms with van der Waals surface area (Å²) >= 11 is 0. The predicted octanol–water partition coefficient (Wildman–Crippen LogP) is 3.90. The molecule has 1 N–H and O–H groups in total. The van der Waals surface area contributed by atoms with Crippen molar-refractivity contribution in [3.05, 3.63) is 40.5 Å². The molecule has 0 atom stereocenters. The fourth-order valence-electron chi connectivity index (χ4n) is 8.06. The molecule has 10 heteroatoms. The Morgan fingerprint density at radius 1 is 0.511 bits per heavy atom. The molecule has 2 aromatic carbocycles. The van der Waals surface area contributed by atoms with Crippen molar-refractivity contribution in [2.45, 2.75) is 57.8 Å². The van der Waals surface area contributed by atoms with Gasteiger partial charge in [-0.1, -0.05) is 0 Å². The van der Waals surface area contributed by atoms with Gasteiger partial charge in [0.2, 0.25) is 0 Å². The minimum Gasteiger partial charge on any atom is -0.384 e. The summed E-state index contributed by atoms with van der Waals surface area (Å²) in [6, 6.07) is 5.16. The Balaban J connectivity index is 1.19. The molecule has 5 heterocycles. The third-order valence-electron chi connectivity index (χ3n) is 10.4. The van der Waals surface area contributed by atoms with Gasteiger partial charge in [0.05, 0.1) is 11.1 Å². The first-order chi connectivity index (χ1) is 22.0. The number of nitrogens with zero attached hydrogens (tertiary/aromatic N) is 5. The van der Waals surface area contributed by atoms with Crippen LogP contribution in [0.25, 0.3) is 10.8 Å². The van der Waals surface area contributed by atoms with E-state index in [0.717, 1.165) is 71.7 Å². The number of anilines is 1. The molecular formula is C35H46N6O4. The first-order valence-electron chi connectivity index (χ1n) is 17.3. The molecule has 10 nitrogen and oxygen atoms in total. The van der Waals surface area contributed by atoms with Gasteiger partial charge >= 0.3 is 0 Å². The lowest BCUT2D eigenvalue weighted by Gasteiger charge is -2.33. The van der Waals surface area contributed by atoms with E-state index in [2.05, 4.69) is 20.0 Å². The van der Waals surface area contributed by atoms with Crippen LogP contribution in [0.1, 0.15) is 99.2 Å². The second-order valence-electron chi connectivity index (χ2n) is 13.4. The van der Waals surface area contributed by atoms with Crippen molar-refractivity contribution < 1.29 is 19.2 Å². The number of nitrogens with one attached hydrogen (secondary N) is 1. The zero-order valence-electron chi connectivity index (χ0n) is 26.5. The van der Waals surface area contributed by atoms with E-state index in [-0.39, 0.29) is 23.6 Å². The molecule has 7 rings (SSSR count).